The molecule has 1 aromatic heterocycles. The SMILES string of the molecule is COC(=O)Cc1cc(=O)[nH]c(S[C@@H](C)C(=O)c2ccc3c(c2)CCC3)n1. The lowest BCUT2D eigenvalue weighted by molar-refractivity contribution is -0.139. The molecule has 1 atom stereocenters. The molecule has 0 unspecified atom stereocenters. The Morgan fingerprint density at radius 3 is 2.81 bits per heavy atom. The van der Waals surface area contributed by atoms with E-state index in [4.69, 9.17) is 0 Å². The van der Waals surface area contributed by atoms with Crippen LogP contribution in [0.25, 0.3) is 0 Å². The molecule has 0 fully saturated rings. The minimum Gasteiger partial charge on any atom is -0.469 e. The Morgan fingerprint density at radius 2 is 2.04 bits per heavy atom. The number of aryl methyl sites for hydroxylation is 2. The van der Waals surface area contributed by atoms with E-state index < -0.39 is 11.2 Å². The van der Waals surface area contributed by atoms with Crippen molar-refractivity contribution in [3.05, 3.63) is 57.0 Å². The Kier molecular flexibility index (Phi) is 5.56. The molecule has 26 heavy (non-hydrogen) atoms. The molecule has 2 aromatic rings. The fourth-order valence-corrected chi connectivity index (χ4v) is 3.94. The molecule has 1 aliphatic rings. The van der Waals surface area contributed by atoms with Gasteiger partial charge in [0.2, 0.25) is 0 Å². The predicted octanol–water partition coefficient (Wildman–Crippen LogP) is 2.34. The summed E-state index contributed by atoms with van der Waals surface area (Å²) in [4.78, 5) is 42.7. The standard InChI is InChI=1S/C19H20N2O4S/c1-11(18(24)14-7-6-12-4-3-5-13(12)8-14)26-19-20-15(9-16(22)21-19)10-17(23)25-2/h6-9,11H,3-5,10H2,1-2H3,(H,20,21,22)/t11-/m0/s1. The molecule has 0 bridgehead atoms. The Balaban J connectivity index is 1.74. The minimum absolute atomic E-state index is 0.00859. The van der Waals surface area contributed by atoms with Crippen molar-refractivity contribution >= 4 is 23.5 Å². The van der Waals surface area contributed by atoms with Gasteiger partial charge in [0.05, 0.1) is 24.5 Å². The Hall–Kier alpha value is -2.41. The molecule has 0 spiro atoms. The molecule has 7 heteroatoms. The van der Waals surface area contributed by atoms with Crippen LogP contribution in [0, 0.1) is 0 Å². The van der Waals surface area contributed by atoms with Crippen molar-refractivity contribution in [2.24, 2.45) is 0 Å². The largest absolute Gasteiger partial charge is 0.469 e. The van der Waals surface area contributed by atoms with Crippen molar-refractivity contribution < 1.29 is 14.3 Å². The fraction of sp³-hybridized carbons (Fsp3) is 0.368. The number of ketones is 1. The second kappa shape index (κ2) is 7.86. The van der Waals surface area contributed by atoms with Crippen LogP contribution in [0.4, 0.5) is 0 Å². The van der Waals surface area contributed by atoms with Crippen molar-refractivity contribution in [3.63, 3.8) is 0 Å². The zero-order valence-electron chi connectivity index (χ0n) is 14.7. The molecule has 136 valence electrons. The highest BCUT2D eigenvalue weighted by atomic mass is 32.2. The predicted molar refractivity (Wildman–Crippen MR) is 98.7 cm³/mol. The number of thioether (sulfide) groups is 1. The molecule has 1 aliphatic carbocycles. The monoisotopic (exact) mass is 372 g/mol. The summed E-state index contributed by atoms with van der Waals surface area (Å²) >= 11 is 1.17. The van der Waals surface area contributed by atoms with Crippen LogP contribution in [0.3, 0.4) is 0 Å². The van der Waals surface area contributed by atoms with Crippen LogP contribution in [0.15, 0.2) is 34.2 Å². The van der Waals surface area contributed by atoms with Crippen LogP contribution in [-0.2, 0) is 28.8 Å². The number of esters is 1. The molecule has 0 aliphatic heterocycles. The van der Waals surface area contributed by atoms with E-state index in [1.165, 1.54) is 36.1 Å². The van der Waals surface area contributed by atoms with Crippen LogP contribution in [0.5, 0.6) is 0 Å². The normalized spacial score (nSPS) is 13.9. The average Bonchev–Trinajstić information content (AvgIpc) is 3.08. The Bertz CT molecular complexity index is 907. The van der Waals surface area contributed by atoms with Gasteiger partial charge in [0.25, 0.3) is 5.56 Å². The third-order valence-corrected chi connectivity index (χ3v) is 5.35. The summed E-state index contributed by atoms with van der Waals surface area (Å²) in [7, 11) is 1.28. The Labute approximate surface area is 155 Å². The van der Waals surface area contributed by atoms with Gasteiger partial charge in [0, 0.05) is 11.6 Å². The second-order valence-electron chi connectivity index (χ2n) is 6.26. The fourth-order valence-electron chi connectivity index (χ4n) is 3.03. The number of hydrogen-bond acceptors (Lipinski definition) is 6. The third kappa shape index (κ3) is 4.22. The Morgan fingerprint density at radius 1 is 1.27 bits per heavy atom. The summed E-state index contributed by atoms with van der Waals surface area (Å²) < 4.78 is 4.60. The highest BCUT2D eigenvalue weighted by Crippen LogP contribution is 2.26. The summed E-state index contributed by atoms with van der Waals surface area (Å²) in [6.07, 6.45) is 3.14. The number of aromatic amines is 1. The van der Waals surface area contributed by atoms with E-state index in [0.29, 0.717) is 16.4 Å². The van der Waals surface area contributed by atoms with E-state index in [1.54, 1.807) is 6.92 Å². The third-order valence-electron chi connectivity index (χ3n) is 4.37. The molecule has 0 radical (unpaired) electrons. The van der Waals surface area contributed by atoms with Gasteiger partial charge in [0.15, 0.2) is 10.9 Å². The smallest absolute Gasteiger partial charge is 0.311 e. The minimum atomic E-state index is -0.471. The van der Waals surface area contributed by atoms with E-state index in [2.05, 4.69) is 14.7 Å². The van der Waals surface area contributed by atoms with E-state index in [9.17, 15) is 14.4 Å². The molecular formula is C19H20N2O4S. The lowest BCUT2D eigenvalue weighted by atomic mass is 10.0. The lowest BCUT2D eigenvalue weighted by Crippen LogP contribution is -2.18. The first-order valence-electron chi connectivity index (χ1n) is 8.46. The van der Waals surface area contributed by atoms with Gasteiger partial charge in [-0.3, -0.25) is 14.4 Å². The zero-order valence-corrected chi connectivity index (χ0v) is 15.5. The van der Waals surface area contributed by atoms with Gasteiger partial charge in [-0.1, -0.05) is 23.9 Å². The second-order valence-corrected chi connectivity index (χ2v) is 7.59. The first-order chi connectivity index (χ1) is 12.5. The molecule has 0 amide bonds. The number of nitrogens with one attached hydrogen (secondary N) is 1. The first kappa shape index (κ1) is 18.4. The van der Waals surface area contributed by atoms with Gasteiger partial charge in [-0.25, -0.2) is 4.98 Å². The average molecular weight is 372 g/mol. The van der Waals surface area contributed by atoms with E-state index in [0.717, 1.165) is 19.3 Å². The highest BCUT2D eigenvalue weighted by molar-refractivity contribution is 8.00. The summed E-state index contributed by atoms with van der Waals surface area (Å²) in [5.41, 5.74) is 3.21. The summed E-state index contributed by atoms with van der Waals surface area (Å²) in [6, 6.07) is 7.14. The molecule has 6 nitrogen and oxygen atoms in total. The van der Waals surface area contributed by atoms with Crippen molar-refractivity contribution in [1.82, 2.24) is 9.97 Å². The number of rotatable bonds is 6. The van der Waals surface area contributed by atoms with Gasteiger partial charge in [0.1, 0.15) is 0 Å². The van der Waals surface area contributed by atoms with Crippen LogP contribution >= 0.6 is 11.8 Å². The summed E-state index contributed by atoms with van der Waals surface area (Å²) in [6.45, 7) is 1.78. The number of carbonyl (C=O) groups excluding carboxylic acids is 2. The lowest BCUT2D eigenvalue weighted by Gasteiger charge is -2.11. The molecule has 0 saturated carbocycles. The highest BCUT2D eigenvalue weighted by Gasteiger charge is 2.20. The maximum absolute atomic E-state index is 12.7. The van der Waals surface area contributed by atoms with Gasteiger partial charge >= 0.3 is 5.97 Å². The van der Waals surface area contributed by atoms with Crippen molar-refractivity contribution in [2.75, 3.05) is 7.11 Å². The van der Waals surface area contributed by atoms with Gasteiger partial charge in [-0.15, -0.1) is 0 Å². The number of ether oxygens (including phenoxy) is 1. The number of carbonyl (C=O) groups is 2. The van der Waals surface area contributed by atoms with Gasteiger partial charge < -0.3 is 9.72 Å². The van der Waals surface area contributed by atoms with Crippen LogP contribution < -0.4 is 5.56 Å². The van der Waals surface area contributed by atoms with Gasteiger partial charge in [-0.2, -0.15) is 0 Å². The maximum atomic E-state index is 12.7. The summed E-state index contributed by atoms with van der Waals surface area (Å²) in [5, 5.41) is -0.0932. The number of nitrogens with zero attached hydrogens (tertiary/aromatic N) is 1. The van der Waals surface area contributed by atoms with Gasteiger partial charge in [-0.05, 0) is 43.4 Å². The molecule has 3 rings (SSSR count). The zero-order chi connectivity index (χ0) is 18.7. The molecular weight excluding hydrogens is 352 g/mol. The topological polar surface area (TPSA) is 89.1 Å². The van der Waals surface area contributed by atoms with E-state index >= 15 is 0 Å². The number of hydrogen-bond donors (Lipinski definition) is 1. The number of H-pyrrole nitrogens is 1. The number of benzene rings is 1. The number of methoxy groups -OCH3 is 1. The van der Waals surface area contributed by atoms with Crippen LogP contribution in [-0.4, -0.2) is 34.1 Å². The molecule has 1 aromatic carbocycles. The maximum Gasteiger partial charge on any atom is 0.311 e. The molecule has 0 saturated heterocycles. The van der Waals surface area contributed by atoms with Crippen LogP contribution in [0.1, 0.15) is 40.5 Å². The number of aromatic nitrogens is 2. The van der Waals surface area contributed by atoms with Crippen molar-refractivity contribution in [3.8, 4) is 0 Å². The van der Waals surface area contributed by atoms with Crippen molar-refractivity contribution in [1.29, 1.82) is 0 Å². The van der Waals surface area contributed by atoms with E-state index in [1.807, 2.05) is 18.2 Å². The first-order valence-corrected chi connectivity index (χ1v) is 9.34. The van der Waals surface area contributed by atoms with Crippen molar-refractivity contribution in [2.45, 2.75) is 43.0 Å². The van der Waals surface area contributed by atoms with Crippen LogP contribution in [0.2, 0.25) is 0 Å². The van der Waals surface area contributed by atoms with E-state index in [-0.39, 0.29) is 17.8 Å². The molecule has 1 N–H and O–H groups in total. The quantitative estimate of drug-likeness (QED) is 0.362. The number of Topliss-reactive ketones (excluding diaryl/α,β-unsaturated/α-hetero) is 1. The summed E-state index contributed by atoms with van der Waals surface area (Å²) in [5.74, 6) is -0.480. The number of fused-ring (bicyclic) bond motifs is 1. The molecule has 1 heterocycles.